The van der Waals surface area contributed by atoms with Gasteiger partial charge in [-0.15, -0.1) is 5.10 Å². The van der Waals surface area contributed by atoms with Crippen LogP contribution in [0.3, 0.4) is 0 Å². The van der Waals surface area contributed by atoms with E-state index in [0.29, 0.717) is 16.5 Å². The molecule has 8 heteroatoms. The lowest BCUT2D eigenvalue weighted by Crippen LogP contribution is -2.30. The smallest absolute Gasteiger partial charge is 0.348 e. The summed E-state index contributed by atoms with van der Waals surface area (Å²) < 4.78 is 6.36. The minimum absolute atomic E-state index is 0.288. The molecular weight excluding hydrogens is 334 g/mol. The molecule has 3 heterocycles. The fourth-order valence-corrected chi connectivity index (χ4v) is 3.10. The molecule has 0 amide bonds. The van der Waals surface area contributed by atoms with E-state index in [1.54, 1.807) is 42.6 Å². The summed E-state index contributed by atoms with van der Waals surface area (Å²) in [5, 5.41) is 8.25. The molecule has 8 nitrogen and oxygen atoms in total. The van der Waals surface area contributed by atoms with Crippen molar-refractivity contribution in [1.82, 2.24) is 15.0 Å². The van der Waals surface area contributed by atoms with E-state index in [0.717, 1.165) is 36.4 Å². The van der Waals surface area contributed by atoms with E-state index in [1.807, 2.05) is 0 Å². The Bertz CT molecular complexity index is 1010. The van der Waals surface area contributed by atoms with Crippen molar-refractivity contribution >= 4 is 22.7 Å². The Morgan fingerprint density at radius 1 is 1.15 bits per heavy atom. The van der Waals surface area contributed by atoms with Crippen molar-refractivity contribution < 1.29 is 14.5 Å². The highest BCUT2D eigenvalue weighted by molar-refractivity contribution is 5.94. The number of benzene rings is 1. The number of carbonyl (C=O) groups excluding carboxylic acids is 1. The van der Waals surface area contributed by atoms with Crippen LogP contribution in [-0.4, -0.2) is 34.1 Å². The van der Waals surface area contributed by atoms with E-state index in [4.69, 9.17) is 4.74 Å². The molecule has 1 aliphatic rings. The number of H-pyrrole nitrogens is 1. The Morgan fingerprint density at radius 3 is 2.81 bits per heavy atom. The highest BCUT2D eigenvalue weighted by Gasteiger charge is 2.27. The molecule has 0 aliphatic carbocycles. The number of hydrogen-bond donors (Lipinski definition) is 0. The van der Waals surface area contributed by atoms with Gasteiger partial charge < -0.3 is 4.74 Å². The fourth-order valence-electron chi connectivity index (χ4n) is 3.10. The van der Waals surface area contributed by atoms with Crippen molar-refractivity contribution in [1.29, 1.82) is 0 Å². The molecule has 132 valence electrons. The third kappa shape index (κ3) is 3.01. The molecule has 26 heavy (non-hydrogen) atoms. The van der Waals surface area contributed by atoms with Crippen LogP contribution < -0.4 is 15.4 Å². The lowest BCUT2D eigenvalue weighted by molar-refractivity contribution is -0.364. The maximum Gasteiger partial charge on any atom is 0.348 e. The molecule has 0 atom stereocenters. The Labute approximate surface area is 149 Å². The fraction of sp³-hybridized carbons (Fsp3) is 0.278. The number of aromatic nitrogens is 4. The average molecular weight is 352 g/mol. The maximum absolute atomic E-state index is 12.5. The minimum Gasteiger partial charge on any atom is -0.438 e. The molecule has 1 saturated heterocycles. The number of pyridine rings is 1. The standard InChI is InChI=1S/C18H17N5O3/c24-17-13-6-1-2-8-15(13)20-21-23(17)12-26-18(25)14-7-5-9-19-16(14)22-10-3-4-11-22/h1-2,5-9H,3-4,10-12H2/p+1. The van der Waals surface area contributed by atoms with Gasteiger partial charge in [0.15, 0.2) is 6.73 Å². The van der Waals surface area contributed by atoms with Gasteiger partial charge in [-0.3, -0.25) is 9.69 Å². The molecule has 0 radical (unpaired) electrons. The van der Waals surface area contributed by atoms with Crippen LogP contribution in [-0.2, 0) is 11.5 Å². The van der Waals surface area contributed by atoms with Gasteiger partial charge in [0.1, 0.15) is 11.1 Å². The monoisotopic (exact) mass is 352 g/mol. The van der Waals surface area contributed by atoms with Crippen molar-refractivity contribution in [2.75, 3.05) is 18.0 Å². The molecule has 1 fully saturated rings. The van der Waals surface area contributed by atoms with Crippen LogP contribution in [0.5, 0.6) is 0 Å². The SMILES string of the molecule is O=C(OCn1nnc2ccccc2c1=O)c1ccc[nH+]c1N1CCCC1. The molecule has 0 unspecified atom stereocenters. The second-order valence-corrected chi connectivity index (χ2v) is 6.10. The molecule has 1 N–H and O–H groups in total. The Hall–Kier alpha value is -3.29. The number of fused-ring (bicyclic) bond motifs is 1. The number of aromatic amines is 1. The summed E-state index contributed by atoms with van der Waals surface area (Å²) in [7, 11) is 0. The normalized spacial score (nSPS) is 13.9. The van der Waals surface area contributed by atoms with Gasteiger partial charge in [-0.25, -0.2) is 9.78 Å². The number of carbonyl (C=O) groups is 1. The molecule has 2 aromatic heterocycles. The highest BCUT2D eigenvalue weighted by Crippen LogP contribution is 2.20. The molecular formula is C18H18N5O3+. The van der Waals surface area contributed by atoms with E-state index in [1.165, 1.54) is 0 Å². The summed E-state index contributed by atoms with van der Waals surface area (Å²) in [5.41, 5.74) is 0.605. The number of rotatable bonds is 4. The van der Waals surface area contributed by atoms with Crippen molar-refractivity contribution in [3.05, 3.63) is 58.5 Å². The second-order valence-electron chi connectivity index (χ2n) is 6.10. The number of anilines is 1. The Balaban J connectivity index is 1.55. The minimum atomic E-state index is -0.509. The number of esters is 1. The molecule has 4 rings (SSSR count). The lowest BCUT2D eigenvalue weighted by atomic mass is 10.2. The topological polar surface area (TPSA) is 91.5 Å². The largest absolute Gasteiger partial charge is 0.438 e. The quantitative estimate of drug-likeness (QED) is 0.651. The van der Waals surface area contributed by atoms with Gasteiger partial charge in [-0.2, -0.15) is 4.68 Å². The summed E-state index contributed by atoms with van der Waals surface area (Å²) in [6, 6.07) is 10.4. The van der Waals surface area contributed by atoms with Gasteiger partial charge >= 0.3 is 5.97 Å². The second kappa shape index (κ2) is 6.91. The first-order chi connectivity index (χ1) is 12.7. The highest BCUT2D eigenvalue weighted by atomic mass is 16.5. The zero-order valence-electron chi connectivity index (χ0n) is 14.1. The van der Waals surface area contributed by atoms with Gasteiger partial charge in [0.2, 0.25) is 0 Å². The third-order valence-corrected chi connectivity index (χ3v) is 4.42. The molecule has 1 aromatic carbocycles. The maximum atomic E-state index is 12.5. The molecule has 1 aliphatic heterocycles. The van der Waals surface area contributed by atoms with Crippen LogP contribution in [0, 0.1) is 0 Å². The summed E-state index contributed by atoms with van der Waals surface area (Å²) >= 11 is 0. The van der Waals surface area contributed by atoms with E-state index in [2.05, 4.69) is 20.2 Å². The first kappa shape index (κ1) is 16.2. The van der Waals surface area contributed by atoms with Gasteiger partial charge in [0.05, 0.1) is 24.7 Å². The lowest BCUT2D eigenvalue weighted by Gasteiger charge is -2.12. The summed E-state index contributed by atoms with van der Waals surface area (Å²) in [6.45, 7) is 1.51. The van der Waals surface area contributed by atoms with Gasteiger partial charge in [-0.05, 0) is 37.1 Å². The van der Waals surface area contributed by atoms with E-state index >= 15 is 0 Å². The Morgan fingerprint density at radius 2 is 1.96 bits per heavy atom. The number of ether oxygens (including phenoxy) is 1. The van der Waals surface area contributed by atoms with Crippen LogP contribution in [0.1, 0.15) is 23.2 Å². The van der Waals surface area contributed by atoms with E-state index in [-0.39, 0.29) is 12.3 Å². The van der Waals surface area contributed by atoms with Crippen LogP contribution in [0.2, 0.25) is 0 Å². The Kier molecular flexibility index (Phi) is 4.30. The molecule has 0 spiro atoms. The van der Waals surface area contributed by atoms with Gasteiger partial charge in [0, 0.05) is 0 Å². The van der Waals surface area contributed by atoms with Crippen molar-refractivity contribution in [3.63, 3.8) is 0 Å². The predicted octanol–water partition coefficient (Wildman–Crippen LogP) is 1.02. The van der Waals surface area contributed by atoms with E-state index in [9.17, 15) is 9.59 Å². The summed E-state index contributed by atoms with van der Waals surface area (Å²) in [4.78, 5) is 30.2. The van der Waals surface area contributed by atoms with Crippen LogP contribution in [0.4, 0.5) is 5.82 Å². The van der Waals surface area contributed by atoms with Gasteiger partial charge in [-0.1, -0.05) is 17.3 Å². The zero-order valence-corrected chi connectivity index (χ0v) is 14.1. The predicted molar refractivity (Wildman–Crippen MR) is 93.7 cm³/mol. The average Bonchev–Trinajstić information content (AvgIpc) is 3.22. The van der Waals surface area contributed by atoms with E-state index < -0.39 is 5.97 Å². The number of nitrogens with one attached hydrogen (secondary N) is 1. The molecule has 3 aromatic rings. The first-order valence-electron chi connectivity index (χ1n) is 8.49. The molecule has 0 saturated carbocycles. The zero-order chi connectivity index (χ0) is 17.9. The van der Waals surface area contributed by atoms with Crippen LogP contribution >= 0.6 is 0 Å². The van der Waals surface area contributed by atoms with Gasteiger partial charge in [0.25, 0.3) is 11.4 Å². The first-order valence-corrected chi connectivity index (χ1v) is 8.49. The molecule has 0 bridgehead atoms. The van der Waals surface area contributed by atoms with Crippen LogP contribution in [0.25, 0.3) is 10.9 Å². The summed E-state index contributed by atoms with van der Waals surface area (Å²) in [5.74, 6) is 0.234. The number of nitrogens with zero attached hydrogens (tertiary/aromatic N) is 4. The number of hydrogen-bond acceptors (Lipinski definition) is 6. The van der Waals surface area contributed by atoms with Crippen LogP contribution in [0.15, 0.2) is 47.4 Å². The van der Waals surface area contributed by atoms with Crippen molar-refractivity contribution in [3.8, 4) is 0 Å². The third-order valence-electron chi connectivity index (χ3n) is 4.42. The van der Waals surface area contributed by atoms with Crippen molar-refractivity contribution in [2.24, 2.45) is 0 Å². The summed E-state index contributed by atoms with van der Waals surface area (Å²) in [6.07, 6.45) is 3.97. The van der Waals surface area contributed by atoms with Crippen molar-refractivity contribution in [2.45, 2.75) is 19.6 Å².